The van der Waals surface area contributed by atoms with Gasteiger partial charge in [0.15, 0.2) is 12.7 Å². The molecule has 0 aromatic heterocycles. The predicted molar refractivity (Wildman–Crippen MR) is 104 cm³/mol. The van der Waals surface area contributed by atoms with Gasteiger partial charge in [0.2, 0.25) is 0 Å². The molecule has 28 heavy (non-hydrogen) atoms. The van der Waals surface area contributed by atoms with Crippen molar-refractivity contribution in [2.45, 2.75) is 20.0 Å². The minimum absolute atomic E-state index is 0.341. The number of anilines is 2. The number of para-hydroxylation sites is 1. The Morgan fingerprint density at radius 1 is 0.964 bits per heavy atom. The molecule has 0 bridgehead atoms. The van der Waals surface area contributed by atoms with E-state index in [9.17, 15) is 14.4 Å². The normalized spacial score (nSPS) is 11.4. The van der Waals surface area contributed by atoms with Gasteiger partial charge in [0.25, 0.3) is 5.91 Å². The van der Waals surface area contributed by atoms with Gasteiger partial charge in [-0.1, -0.05) is 32.0 Å². The minimum atomic E-state index is -1.14. The van der Waals surface area contributed by atoms with Crippen molar-refractivity contribution in [3.8, 4) is 5.75 Å². The number of hydrogen-bond acceptors (Lipinski definition) is 6. The van der Waals surface area contributed by atoms with E-state index < -0.39 is 24.0 Å². The van der Waals surface area contributed by atoms with Crippen molar-refractivity contribution in [1.29, 1.82) is 0 Å². The fraction of sp³-hybridized carbons (Fsp3) is 0.250. The van der Waals surface area contributed by atoms with Gasteiger partial charge in [-0.15, -0.1) is 0 Å². The molecule has 0 unspecified atom stereocenters. The third kappa shape index (κ3) is 6.64. The Bertz CT molecular complexity index is 806. The fourth-order valence-electron chi connectivity index (χ4n) is 2.33. The number of rotatable bonds is 8. The molecule has 8 nitrogen and oxygen atoms in total. The van der Waals surface area contributed by atoms with Crippen LogP contribution >= 0.6 is 0 Å². The van der Waals surface area contributed by atoms with Crippen LogP contribution in [0.4, 0.5) is 16.2 Å². The van der Waals surface area contributed by atoms with Gasteiger partial charge < -0.3 is 20.5 Å². The summed E-state index contributed by atoms with van der Waals surface area (Å²) in [6.45, 7) is 2.98. The molecule has 0 aliphatic heterocycles. The number of esters is 1. The van der Waals surface area contributed by atoms with Crippen LogP contribution in [-0.4, -0.2) is 30.6 Å². The molecule has 0 aliphatic rings. The van der Waals surface area contributed by atoms with Gasteiger partial charge in [0.05, 0.1) is 0 Å². The summed E-state index contributed by atoms with van der Waals surface area (Å²) < 4.78 is 10.5. The van der Waals surface area contributed by atoms with Crippen molar-refractivity contribution < 1.29 is 23.9 Å². The number of carbonyl (C=O) groups excluding carboxylic acids is 3. The summed E-state index contributed by atoms with van der Waals surface area (Å²) in [7, 11) is 0. The van der Waals surface area contributed by atoms with Crippen molar-refractivity contribution in [1.82, 2.24) is 5.32 Å². The lowest BCUT2D eigenvalue weighted by Gasteiger charge is -2.19. The smallest absolute Gasteiger partial charge is 0.344 e. The minimum Gasteiger partial charge on any atom is -0.482 e. The molecule has 4 N–H and O–H groups in total. The molecule has 0 saturated carbocycles. The van der Waals surface area contributed by atoms with E-state index in [2.05, 4.69) is 5.32 Å². The van der Waals surface area contributed by atoms with Crippen LogP contribution < -0.4 is 21.1 Å². The van der Waals surface area contributed by atoms with E-state index in [4.69, 9.17) is 15.2 Å². The van der Waals surface area contributed by atoms with E-state index in [1.54, 1.807) is 26.0 Å². The number of ether oxygens (including phenoxy) is 2. The van der Waals surface area contributed by atoms with Gasteiger partial charge in [-0.05, 0) is 42.3 Å². The van der Waals surface area contributed by atoms with Crippen LogP contribution in [0.5, 0.6) is 5.75 Å². The third-order valence-corrected chi connectivity index (χ3v) is 3.64. The lowest BCUT2D eigenvalue weighted by atomic mass is 10.1. The van der Waals surface area contributed by atoms with Gasteiger partial charge in [-0.2, -0.15) is 0 Å². The van der Waals surface area contributed by atoms with Gasteiger partial charge in [0.1, 0.15) is 5.75 Å². The van der Waals surface area contributed by atoms with Gasteiger partial charge in [-0.3, -0.25) is 10.1 Å². The topological polar surface area (TPSA) is 120 Å². The summed E-state index contributed by atoms with van der Waals surface area (Å²) in [4.78, 5) is 34.6. The maximum Gasteiger partial charge on any atom is 0.344 e. The van der Waals surface area contributed by atoms with E-state index in [-0.39, 0.29) is 12.5 Å². The average Bonchev–Trinajstić information content (AvgIpc) is 2.65. The summed E-state index contributed by atoms with van der Waals surface area (Å²) >= 11 is 0. The molecule has 0 heterocycles. The Hall–Kier alpha value is -3.55. The number of nitrogens with two attached hydrogens (primary N) is 1. The van der Waals surface area contributed by atoms with Gasteiger partial charge in [0, 0.05) is 11.4 Å². The number of amides is 3. The molecule has 2 aromatic rings. The first-order chi connectivity index (χ1) is 13.3. The molecule has 2 rings (SSSR count). The average molecular weight is 385 g/mol. The fourth-order valence-corrected chi connectivity index (χ4v) is 2.33. The molecule has 0 saturated heterocycles. The highest BCUT2D eigenvalue weighted by Crippen LogP contribution is 2.20. The van der Waals surface area contributed by atoms with E-state index in [1.165, 1.54) is 0 Å². The van der Waals surface area contributed by atoms with Crippen LogP contribution in [0.1, 0.15) is 13.8 Å². The number of primary amides is 1. The zero-order valence-electron chi connectivity index (χ0n) is 15.7. The number of nitrogens with one attached hydrogen (secondary N) is 2. The molecular weight excluding hydrogens is 362 g/mol. The van der Waals surface area contributed by atoms with E-state index >= 15 is 0 Å². The number of hydrogen-bond donors (Lipinski definition) is 3. The van der Waals surface area contributed by atoms with Crippen molar-refractivity contribution in [3.05, 3.63) is 54.6 Å². The number of carbonyl (C=O) groups is 3. The monoisotopic (exact) mass is 385 g/mol. The van der Waals surface area contributed by atoms with Crippen molar-refractivity contribution in [2.75, 3.05) is 11.9 Å². The van der Waals surface area contributed by atoms with E-state index in [0.717, 1.165) is 11.4 Å². The zero-order chi connectivity index (χ0) is 20.5. The second-order valence-corrected chi connectivity index (χ2v) is 6.31. The summed E-state index contributed by atoms with van der Waals surface area (Å²) in [6, 6.07) is 15.7. The Labute approximate surface area is 163 Å². The maximum atomic E-state index is 12.0. The standard InChI is InChI=1S/C20H23N3O5/c1-13(2)18(19(25)23-20(21)26)28-17(24)12-27-16-10-8-15(9-11-16)22-14-6-4-3-5-7-14/h3-11,13,18,22H,12H2,1-2H3,(H3,21,23,25,26)/t18-/m1/s1. The van der Waals surface area contributed by atoms with Crippen molar-refractivity contribution >= 4 is 29.3 Å². The quantitative estimate of drug-likeness (QED) is 0.601. The molecule has 3 amide bonds. The summed E-state index contributed by atoms with van der Waals surface area (Å²) in [5.41, 5.74) is 6.73. The number of benzene rings is 2. The molecule has 148 valence electrons. The highest BCUT2D eigenvalue weighted by molar-refractivity contribution is 5.96. The van der Waals surface area contributed by atoms with E-state index in [0.29, 0.717) is 5.75 Å². The van der Waals surface area contributed by atoms with Crippen molar-refractivity contribution in [3.63, 3.8) is 0 Å². The van der Waals surface area contributed by atoms with Gasteiger partial charge >= 0.3 is 12.0 Å². The van der Waals surface area contributed by atoms with Gasteiger partial charge in [-0.25, -0.2) is 9.59 Å². The van der Waals surface area contributed by atoms with Crippen LogP contribution in [0.2, 0.25) is 0 Å². The number of urea groups is 1. The highest BCUT2D eigenvalue weighted by atomic mass is 16.6. The maximum absolute atomic E-state index is 12.0. The predicted octanol–water partition coefficient (Wildman–Crippen LogP) is 2.57. The first-order valence-electron chi connectivity index (χ1n) is 8.70. The van der Waals surface area contributed by atoms with Crippen molar-refractivity contribution in [2.24, 2.45) is 11.7 Å². The Morgan fingerprint density at radius 3 is 2.14 bits per heavy atom. The lowest BCUT2D eigenvalue weighted by Crippen LogP contribution is -2.46. The second kappa shape index (κ2) is 9.96. The molecule has 0 radical (unpaired) electrons. The largest absolute Gasteiger partial charge is 0.482 e. The first-order valence-corrected chi connectivity index (χ1v) is 8.70. The number of imide groups is 1. The molecule has 0 spiro atoms. The van der Waals surface area contributed by atoms with E-state index in [1.807, 2.05) is 47.8 Å². The summed E-state index contributed by atoms with van der Waals surface area (Å²) in [5.74, 6) is -1.37. The highest BCUT2D eigenvalue weighted by Gasteiger charge is 2.27. The first kappa shape index (κ1) is 20.8. The molecular formula is C20H23N3O5. The lowest BCUT2D eigenvalue weighted by molar-refractivity contribution is -0.160. The molecule has 0 aliphatic carbocycles. The Kier molecular flexibility index (Phi) is 7.38. The van der Waals surface area contributed by atoms with Crippen LogP contribution in [-0.2, 0) is 14.3 Å². The van der Waals surface area contributed by atoms with Crippen LogP contribution in [0.25, 0.3) is 0 Å². The summed E-state index contributed by atoms with van der Waals surface area (Å²) in [6.07, 6.45) is -1.14. The molecule has 8 heteroatoms. The van der Waals surface area contributed by atoms with Crippen LogP contribution in [0.3, 0.4) is 0 Å². The zero-order valence-corrected chi connectivity index (χ0v) is 15.7. The Balaban J connectivity index is 1.86. The van der Waals surface area contributed by atoms with Crippen LogP contribution in [0, 0.1) is 5.92 Å². The van der Waals surface area contributed by atoms with Crippen LogP contribution in [0.15, 0.2) is 54.6 Å². The second-order valence-electron chi connectivity index (χ2n) is 6.31. The Morgan fingerprint density at radius 2 is 1.57 bits per heavy atom. The molecule has 1 atom stereocenters. The third-order valence-electron chi connectivity index (χ3n) is 3.64. The SMILES string of the molecule is CC(C)[C@@H](OC(=O)COc1ccc(Nc2ccccc2)cc1)C(=O)NC(N)=O. The molecule has 0 fully saturated rings. The molecule has 2 aromatic carbocycles. The summed E-state index contributed by atoms with van der Waals surface area (Å²) in [5, 5.41) is 5.14.